The minimum atomic E-state index is -0.246. The minimum Gasteiger partial charge on any atom is -0.484 e. The number of carbonyl (C=O) groups is 1. The summed E-state index contributed by atoms with van der Waals surface area (Å²) in [6.07, 6.45) is 2.54. The molecule has 7 heteroatoms. The number of nitrogens with one attached hydrogen (secondary N) is 2. The molecule has 2 aromatic rings. The van der Waals surface area contributed by atoms with Gasteiger partial charge in [0.25, 0.3) is 5.91 Å². The largest absolute Gasteiger partial charge is 0.484 e. The third kappa shape index (κ3) is 7.08. The van der Waals surface area contributed by atoms with Crippen LogP contribution in [0, 0.1) is 0 Å². The van der Waals surface area contributed by atoms with Gasteiger partial charge in [-0.15, -0.1) is 0 Å². The van der Waals surface area contributed by atoms with E-state index in [1.165, 1.54) is 5.56 Å². The zero-order chi connectivity index (χ0) is 18.6. The molecule has 0 saturated heterocycles. The highest BCUT2D eigenvalue weighted by Gasteiger charge is 2.04. The van der Waals surface area contributed by atoms with E-state index in [-0.39, 0.29) is 19.1 Å². The summed E-state index contributed by atoms with van der Waals surface area (Å²) in [7, 11) is 0. The normalized spacial score (nSPS) is 10.4. The fraction of sp³-hybridized carbons (Fsp3) is 0.368. The Morgan fingerprint density at radius 3 is 2.62 bits per heavy atom. The van der Waals surface area contributed by atoms with Gasteiger partial charge >= 0.3 is 0 Å². The molecule has 0 atom stereocenters. The maximum Gasteiger partial charge on any atom is 0.262 e. The van der Waals surface area contributed by atoms with E-state index in [1.807, 2.05) is 24.3 Å². The third-order valence-corrected chi connectivity index (χ3v) is 3.54. The first-order valence-electron chi connectivity index (χ1n) is 8.61. The maximum atomic E-state index is 11.9. The molecule has 0 aliphatic heterocycles. The molecule has 0 spiro atoms. The molecule has 140 valence electrons. The van der Waals surface area contributed by atoms with Crippen molar-refractivity contribution < 1.29 is 19.4 Å². The van der Waals surface area contributed by atoms with Crippen molar-refractivity contribution in [3.63, 3.8) is 0 Å². The average Bonchev–Trinajstić information content (AvgIpc) is 2.68. The summed E-state index contributed by atoms with van der Waals surface area (Å²) in [5.74, 6) is 1.10. The van der Waals surface area contributed by atoms with E-state index < -0.39 is 0 Å². The second-order valence-electron chi connectivity index (χ2n) is 5.53. The molecule has 0 saturated carbocycles. The summed E-state index contributed by atoms with van der Waals surface area (Å²) in [5.41, 5.74) is 1.82. The highest BCUT2D eigenvalue weighted by atomic mass is 16.5. The lowest BCUT2D eigenvalue weighted by Crippen LogP contribution is -2.20. The quantitative estimate of drug-likeness (QED) is 0.532. The SMILES string of the molecule is CCc1ccc(OCC(=O)Nc2ccc(NCCOCCO)nc2)cc1. The predicted octanol–water partition coefficient (Wildman–Crippen LogP) is 2.08. The number of aryl methyl sites for hydroxylation is 1. The van der Waals surface area contributed by atoms with Crippen molar-refractivity contribution in [3.8, 4) is 5.75 Å². The van der Waals surface area contributed by atoms with Crippen LogP contribution in [-0.4, -0.2) is 49.0 Å². The van der Waals surface area contributed by atoms with Gasteiger partial charge in [0, 0.05) is 6.54 Å². The van der Waals surface area contributed by atoms with Crippen molar-refractivity contribution in [2.24, 2.45) is 0 Å². The molecular formula is C19H25N3O4. The van der Waals surface area contributed by atoms with Gasteiger partial charge in [-0.1, -0.05) is 19.1 Å². The standard InChI is InChI=1S/C19H25N3O4/c1-2-15-3-6-17(7-4-15)26-14-19(24)22-16-5-8-18(21-13-16)20-9-11-25-12-10-23/h3-8,13,23H,2,9-12,14H2,1H3,(H,20,21)(H,22,24). The number of aliphatic hydroxyl groups is 1. The second-order valence-corrected chi connectivity index (χ2v) is 5.53. The number of pyridine rings is 1. The molecule has 1 amide bonds. The molecule has 0 radical (unpaired) electrons. The van der Waals surface area contributed by atoms with Crippen LogP contribution in [0.25, 0.3) is 0 Å². The Morgan fingerprint density at radius 2 is 1.96 bits per heavy atom. The van der Waals surface area contributed by atoms with E-state index in [1.54, 1.807) is 18.3 Å². The van der Waals surface area contributed by atoms with Crippen LogP contribution in [0.3, 0.4) is 0 Å². The number of anilines is 2. The average molecular weight is 359 g/mol. The molecule has 2 rings (SSSR count). The smallest absolute Gasteiger partial charge is 0.262 e. The molecule has 0 aliphatic rings. The molecule has 1 aromatic carbocycles. The van der Waals surface area contributed by atoms with E-state index in [0.29, 0.717) is 37.0 Å². The first-order valence-corrected chi connectivity index (χ1v) is 8.61. The number of carbonyl (C=O) groups excluding carboxylic acids is 1. The Kier molecular flexibility index (Phi) is 8.38. The lowest BCUT2D eigenvalue weighted by atomic mass is 10.2. The molecule has 26 heavy (non-hydrogen) atoms. The number of hydrogen-bond donors (Lipinski definition) is 3. The van der Waals surface area contributed by atoms with Gasteiger partial charge in [0.2, 0.25) is 0 Å². The lowest BCUT2D eigenvalue weighted by molar-refractivity contribution is -0.118. The summed E-state index contributed by atoms with van der Waals surface area (Å²) >= 11 is 0. The Bertz CT molecular complexity index is 659. The number of hydrogen-bond acceptors (Lipinski definition) is 6. The molecule has 0 fully saturated rings. The van der Waals surface area contributed by atoms with Gasteiger partial charge in [-0.3, -0.25) is 4.79 Å². The second kappa shape index (κ2) is 11.1. The summed E-state index contributed by atoms with van der Waals surface area (Å²) in [6.45, 7) is 3.43. The fourth-order valence-corrected chi connectivity index (χ4v) is 2.16. The van der Waals surface area contributed by atoms with Crippen molar-refractivity contribution in [3.05, 3.63) is 48.2 Å². The van der Waals surface area contributed by atoms with Crippen LogP contribution < -0.4 is 15.4 Å². The summed E-state index contributed by atoms with van der Waals surface area (Å²) < 4.78 is 10.6. The first kappa shape index (κ1) is 19.7. The Balaban J connectivity index is 1.70. The van der Waals surface area contributed by atoms with Crippen LogP contribution in [0.1, 0.15) is 12.5 Å². The summed E-state index contributed by atoms with van der Waals surface area (Å²) in [4.78, 5) is 16.2. The molecular weight excluding hydrogens is 334 g/mol. The van der Waals surface area contributed by atoms with Crippen molar-refractivity contribution in [1.82, 2.24) is 4.98 Å². The van der Waals surface area contributed by atoms with E-state index in [9.17, 15) is 4.79 Å². The highest BCUT2D eigenvalue weighted by Crippen LogP contribution is 2.13. The van der Waals surface area contributed by atoms with Crippen molar-refractivity contribution in [1.29, 1.82) is 0 Å². The van der Waals surface area contributed by atoms with Crippen molar-refractivity contribution >= 4 is 17.4 Å². The van der Waals surface area contributed by atoms with E-state index in [2.05, 4.69) is 22.5 Å². The number of nitrogens with zero attached hydrogens (tertiary/aromatic N) is 1. The van der Waals surface area contributed by atoms with Crippen LogP contribution in [0.15, 0.2) is 42.6 Å². The Hall–Kier alpha value is -2.64. The van der Waals surface area contributed by atoms with Gasteiger partial charge in [-0.25, -0.2) is 4.98 Å². The molecule has 1 heterocycles. The maximum absolute atomic E-state index is 11.9. The van der Waals surface area contributed by atoms with E-state index in [0.717, 1.165) is 6.42 Å². The minimum absolute atomic E-state index is 0.0143. The number of aliphatic hydroxyl groups excluding tert-OH is 1. The van der Waals surface area contributed by atoms with Crippen LogP contribution in [0.5, 0.6) is 5.75 Å². The van der Waals surface area contributed by atoms with Crippen LogP contribution in [0.2, 0.25) is 0 Å². The lowest BCUT2D eigenvalue weighted by Gasteiger charge is -2.09. The molecule has 3 N–H and O–H groups in total. The van der Waals surface area contributed by atoms with Crippen LogP contribution >= 0.6 is 0 Å². The number of aromatic nitrogens is 1. The van der Waals surface area contributed by atoms with Gasteiger partial charge in [-0.2, -0.15) is 0 Å². The van der Waals surface area contributed by atoms with Gasteiger partial charge in [0.15, 0.2) is 6.61 Å². The Morgan fingerprint density at radius 1 is 1.15 bits per heavy atom. The van der Waals surface area contributed by atoms with Crippen molar-refractivity contribution in [2.75, 3.05) is 43.6 Å². The van der Waals surface area contributed by atoms with E-state index >= 15 is 0 Å². The van der Waals surface area contributed by atoms with Gasteiger partial charge in [0.1, 0.15) is 11.6 Å². The van der Waals surface area contributed by atoms with Gasteiger partial charge in [0.05, 0.1) is 31.7 Å². The third-order valence-electron chi connectivity index (χ3n) is 3.54. The van der Waals surface area contributed by atoms with Crippen LogP contribution in [0.4, 0.5) is 11.5 Å². The molecule has 0 bridgehead atoms. The summed E-state index contributed by atoms with van der Waals surface area (Å²) in [6, 6.07) is 11.2. The van der Waals surface area contributed by atoms with E-state index in [4.69, 9.17) is 14.6 Å². The number of rotatable bonds is 11. The number of benzene rings is 1. The zero-order valence-electron chi connectivity index (χ0n) is 14.9. The zero-order valence-corrected chi connectivity index (χ0v) is 14.9. The topological polar surface area (TPSA) is 92.7 Å². The monoisotopic (exact) mass is 359 g/mol. The Labute approximate surface area is 153 Å². The van der Waals surface area contributed by atoms with Gasteiger partial charge < -0.3 is 25.2 Å². The summed E-state index contributed by atoms with van der Waals surface area (Å²) in [5, 5.41) is 14.4. The molecule has 0 aliphatic carbocycles. The molecule has 0 unspecified atom stereocenters. The van der Waals surface area contributed by atoms with Crippen molar-refractivity contribution in [2.45, 2.75) is 13.3 Å². The number of ether oxygens (including phenoxy) is 2. The fourth-order valence-electron chi connectivity index (χ4n) is 2.16. The molecule has 7 nitrogen and oxygen atoms in total. The highest BCUT2D eigenvalue weighted by molar-refractivity contribution is 5.91. The number of amides is 1. The van der Waals surface area contributed by atoms with Gasteiger partial charge in [-0.05, 0) is 36.2 Å². The first-order chi connectivity index (χ1) is 12.7. The predicted molar refractivity (Wildman–Crippen MR) is 101 cm³/mol. The molecule has 1 aromatic heterocycles. The van der Waals surface area contributed by atoms with Crippen LogP contribution in [-0.2, 0) is 16.0 Å².